The second-order valence-corrected chi connectivity index (χ2v) is 4.60. The predicted octanol–water partition coefficient (Wildman–Crippen LogP) is 3.40. The second-order valence-electron chi connectivity index (χ2n) is 4.60. The number of halogens is 2. The maximum absolute atomic E-state index is 13.7. The predicted molar refractivity (Wildman–Crippen MR) is 64.8 cm³/mol. The Hall–Kier alpha value is -1.91. The molecule has 0 unspecified atom stereocenters. The van der Waals surface area contributed by atoms with Crippen LogP contribution in [0.5, 0.6) is 0 Å². The molecule has 0 aliphatic heterocycles. The number of hydrogen-bond donors (Lipinski definition) is 1. The summed E-state index contributed by atoms with van der Waals surface area (Å²) in [4.78, 5) is 0. The summed E-state index contributed by atoms with van der Waals surface area (Å²) in [5.74, 6) is -0.609. The number of benzene rings is 1. The molecule has 0 spiro atoms. The fourth-order valence-corrected chi connectivity index (χ4v) is 1.82. The molecule has 0 saturated heterocycles. The average Bonchev–Trinajstić information content (AvgIpc) is 2.64. The van der Waals surface area contributed by atoms with Gasteiger partial charge in [-0.15, -0.1) is 0 Å². The molecule has 0 amide bonds. The number of anilines is 1. The van der Waals surface area contributed by atoms with Crippen molar-refractivity contribution < 1.29 is 13.3 Å². The zero-order valence-corrected chi connectivity index (χ0v) is 10.2. The Kier molecular flexibility index (Phi) is 3.32. The van der Waals surface area contributed by atoms with E-state index in [1.165, 1.54) is 0 Å². The van der Waals surface area contributed by atoms with E-state index in [1.54, 1.807) is 0 Å². The topological polar surface area (TPSA) is 52.0 Å². The van der Waals surface area contributed by atoms with Crippen LogP contribution in [0, 0.1) is 17.6 Å². The maximum atomic E-state index is 13.7. The lowest BCUT2D eigenvalue weighted by Crippen LogP contribution is -1.99. The van der Waals surface area contributed by atoms with Gasteiger partial charge in [0.25, 0.3) is 0 Å². The number of nitrogens with zero attached hydrogens (tertiary/aromatic N) is 1. The molecule has 0 radical (unpaired) electrons. The van der Waals surface area contributed by atoms with Gasteiger partial charge in [0.2, 0.25) is 5.88 Å². The van der Waals surface area contributed by atoms with Crippen LogP contribution in [0.3, 0.4) is 0 Å². The van der Waals surface area contributed by atoms with Gasteiger partial charge in [0.15, 0.2) is 0 Å². The van der Waals surface area contributed by atoms with Crippen LogP contribution in [0.1, 0.15) is 19.4 Å². The van der Waals surface area contributed by atoms with Crippen molar-refractivity contribution in [2.45, 2.75) is 20.3 Å². The molecule has 0 saturated carbocycles. The van der Waals surface area contributed by atoms with Crippen LogP contribution < -0.4 is 5.73 Å². The second kappa shape index (κ2) is 4.76. The largest absolute Gasteiger partial charge is 0.367 e. The molecule has 1 heterocycles. The molecule has 18 heavy (non-hydrogen) atoms. The Morgan fingerprint density at radius 3 is 2.72 bits per heavy atom. The van der Waals surface area contributed by atoms with Crippen LogP contribution in [0.2, 0.25) is 0 Å². The van der Waals surface area contributed by atoms with Crippen molar-refractivity contribution in [3.05, 3.63) is 35.4 Å². The smallest absolute Gasteiger partial charge is 0.225 e. The molecule has 0 atom stereocenters. The van der Waals surface area contributed by atoms with Gasteiger partial charge in [-0.05, 0) is 30.5 Å². The lowest BCUT2D eigenvalue weighted by Gasteiger charge is -2.06. The fourth-order valence-electron chi connectivity index (χ4n) is 1.82. The minimum Gasteiger partial charge on any atom is -0.367 e. The van der Waals surface area contributed by atoms with E-state index in [9.17, 15) is 8.78 Å². The molecular weight excluding hydrogens is 238 g/mol. The van der Waals surface area contributed by atoms with Crippen LogP contribution in [-0.2, 0) is 6.42 Å². The van der Waals surface area contributed by atoms with Crippen molar-refractivity contribution in [2.75, 3.05) is 5.73 Å². The first kappa shape index (κ1) is 12.5. The third-order valence-electron chi connectivity index (χ3n) is 2.61. The highest BCUT2D eigenvalue weighted by Crippen LogP contribution is 2.31. The first-order valence-electron chi connectivity index (χ1n) is 5.68. The minimum absolute atomic E-state index is 0.0751. The molecule has 2 N–H and O–H groups in total. The fraction of sp³-hybridized carbons (Fsp3) is 0.308. The molecule has 2 aromatic rings. The maximum Gasteiger partial charge on any atom is 0.225 e. The van der Waals surface area contributed by atoms with Gasteiger partial charge in [-0.3, -0.25) is 0 Å². The van der Waals surface area contributed by atoms with E-state index >= 15 is 0 Å². The van der Waals surface area contributed by atoms with Gasteiger partial charge in [-0.2, -0.15) is 0 Å². The summed E-state index contributed by atoms with van der Waals surface area (Å²) in [5, 5.41) is 3.73. The van der Waals surface area contributed by atoms with Crippen LogP contribution in [-0.4, -0.2) is 5.16 Å². The molecule has 0 aliphatic rings. The van der Waals surface area contributed by atoms with Crippen molar-refractivity contribution in [3.63, 3.8) is 0 Å². The third kappa shape index (κ3) is 2.34. The van der Waals surface area contributed by atoms with E-state index in [2.05, 4.69) is 5.16 Å². The monoisotopic (exact) mass is 252 g/mol. The van der Waals surface area contributed by atoms with Gasteiger partial charge in [0.05, 0.1) is 0 Å². The average molecular weight is 252 g/mol. The van der Waals surface area contributed by atoms with Gasteiger partial charge in [-0.25, -0.2) is 8.78 Å². The first-order valence-corrected chi connectivity index (χ1v) is 5.68. The van der Waals surface area contributed by atoms with Crippen molar-refractivity contribution in [2.24, 2.45) is 5.92 Å². The molecule has 2 rings (SSSR count). The Bertz CT molecular complexity index is 564. The summed E-state index contributed by atoms with van der Waals surface area (Å²) in [5.41, 5.74) is 6.64. The molecule has 1 aromatic heterocycles. The number of nitrogen functional groups attached to an aromatic ring is 1. The first-order chi connectivity index (χ1) is 8.49. The normalized spacial score (nSPS) is 11.2. The molecule has 0 fully saturated rings. The van der Waals surface area contributed by atoms with Crippen LogP contribution >= 0.6 is 0 Å². The molecular formula is C13H14F2N2O. The van der Waals surface area contributed by atoms with Crippen molar-refractivity contribution >= 4 is 5.88 Å². The number of rotatable bonds is 3. The number of aromatic nitrogens is 1. The number of hydrogen-bond acceptors (Lipinski definition) is 3. The Morgan fingerprint density at radius 2 is 2.06 bits per heavy atom. The lowest BCUT2D eigenvalue weighted by atomic mass is 9.99. The zero-order chi connectivity index (χ0) is 13.3. The SMILES string of the molecule is CC(C)Cc1c(-c2cc(F)ccc2F)noc1N. The lowest BCUT2D eigenvalue weighted by molar-refractivity contribution is 0.437. The molecule has 96 valence electrons. The van der Waals surface area contributed by atoms with Gasteiger partial charge in [0.1, 0.15) is 17.3 Å². The summed E-state index contributed by atoms with van der Waals surface area (Å²) < 4.78 is 31.8. The van der Waals surface area contributed by atoms with Gasteiger partial charge in [0, 0.05) is 11.1 Å². The summed E-state index contributed by atoms with van der Waals surface area (Å²) in [6, 6.07) is 3.22. The van der Waals surface area contributed by atoms with Gasteiger partial charge in [-0.1, -0.05) is 19.0 Å². The highest BCUT2D eigenvalue weighted by molar-refractivity contribution is 5.67. The van der Waals surface area contributed by atoms with E-state index in [4.69, 9.17) is 10.3 Å². The summed E-state index contributed by atoms with van der Waals surface area (Å²) in [7, 11) is 0. The van der Waals surface area contributed by atoms with Crippen molar-refractivity contribution in [1.82, 2.24) is 5.16 Å². The third-order valence-corrected chi connectivity index (χ3v) is 2.61. The minimum atomic E-state index is -0.547. The quantitative estimate of drug-likeness (QED) is 0.910. The molecule has 5 heteroatoms. The van der Waals surface area contributed by atoms with Crippen molar-refractivity contribution in [1.29, 1.82) is 0 Å². The van der Waals surface area contributed by atoms with Gasteiger partial charge >= 0.3 is 0 Å². The summed E-state index contributed by atoms with van der Waals surface area (Å²) in [6.07, 6.45) is 0.598. The van der Waals surface area contributed by atoms with E-state index < -0.39 is 11.6 Å². The Balaban J connectivity index is 2.53. The van der Waals surface area contributed by atoms with E-state index in [-0.39, 0.29) is 17.1 Å². The Morgan fingerprint density at radius 1 is 1.33 bits per heavy atom. The van der Waals surface area contributed by atoms with E-state index in [0.29, 0.717) is 17.9 Å². The molecule has 1 aromatic carbocycles. The standard InChI is InChI=1S/C13H14F2N2O/c1-7(2)5-10-12(17-18-13(10)16)9-6-8(14)3-4-11(9)15/h3-4,6-7H,5,16H2,1-2H3. The zero-order valence-electron chi connectivity index (χ0n) is 10.2. The van der Waals surface area contributed by atoms with E-state index in [0.717, 1.165) is 18.2 Å². The van der Waals surface area contributed by atoms with Crippen LogP contribution in [0.25, 0.3) is 11.3 Å². The van der Waals surface area contributed by atoms with Gasteiger partial charge < -0.3 is 10.3 Å². The summed E-state index contributed by atoms with van der Waals surface area (Å²) in [6.45, 7) is 4.00. The van der Waals surface area contributed by atoms with E-state index in [1.807, 2.05) is 13.8 Å². The molecule has 3 nitrogen and oxygen atoms in total. The summed E-state index contributed by atoms with van der Waals surface area (Å²) >= 11 is 0. The molecule has 0 bridgehead atoms. The van der Waals surface area contributed by atoms with Crippen molar-refractivity contribution in [3.8, 4) is 11.3 Å². The highest BCUT2D eigenvalue weighted by atomic mass is 19.1. The number of nitrogens with two attached hydrogens (primary N) is 1. The molecule has 0 aliphatic carbocycles. The highest BCUT2D eigenvalue weighted by Gasteiger charge is 2.19. The van der Waals surface area contributed by atoms with Crippen LogP contribution in [0.4, 0.5) is 14.7 Å². The Labute approximate surface area is 104 Å². The van der Waals surface area contributed by atoms with Crippen LogP contribution in [0.15, 0.2) is 22.7 Å².